The molecule has 0 unspecified atom stereocenters. The molecule has 0 saturated heterocycles. The highest BCUT2D eigenvalue weighted by Crippen LogP contribution is 2.39. The minimum atomic E-state index is -0.407. The van der Waals surface area contributed by atoms with Crippen molar-refractivity contribution >= 4 is 44.1 Å². The number of hydrogen-bond donors (Lipinski definition) is 1. The molecule has 0 aliphatic heterocycles. The molecule has 0 bridgehead atoms. The van der Waals surface area contributed by atoms with Crippen LogP contribution in [0.5, 0.6) is 0 Å². The van der Waals surface area contributed by atoms with Gasteiger partial charge in [0.15, 0.2) is 0 Å². The number of nitrogens with one attached hydrogen (secondary N) is 1. The van der Waals surface area contributed by atoms with Crippen molar-refractivity contribution in [2.24, 2.45) is 0 Å². The van der Waals surface area contributed by atoms with E-state index in [9.17, 15) is 9.59 Å². The molecule has 1 aliphatic carbocycles. The van der Waals surface area contributed by atoms with Crippen LogP contribution in [0.4, 0.5) is 5.00 Å². The highest BCUT2D eigenvalue weighted by atomic mass is 79.9. The summed E-state index contributed by atoms with van der Waals surface area (Å²) in [5.74, 6) is -0.289. The summed E-state index contributed by atoms with van der Waals surface area (Å²) in [7, 11) is 0. The van der Waals surface area contributed by atoms with Crippen LogP contribution in [-0.4, -0.2) is 38.2 Å². The number of thiophene rings is 1. The van der Waals surface area contributed by atoms with Crippen LogP contribution < -0.4 is 5.32 Å². The van der Waals surface area contributed by atoms with Crippen molar-refractivity contribution < 1.29 is 14.3 Å². The summed E-state index contributed by atoms with van der Waals surface area (Å²) in [4.78, 5) is 31.2. The molecule has 1 amide bonds. The summed E-state index contributed by atoms with van der Waals surface area (Å²) in [5, 5.41) is 10.9. The summed E-state index contributed by atoms with van der Waals surface area (Å²) in [6.45, 7) is 2.05. The zero-order valence-electron chi connectivity index (χ0n) is 15.6. The fourth-order valence-electron chi connectivity index (χ4n) is 3.29. The molecule has 8 nitrogen and oxygen atoms in total. The van der Waals surface area contributed by atoms with Gasteiger partial charge in [0.05, 0.1) is 12.2 Å². The van der Waals surface area contributed by atoms with Crippen LogP contribution >= 0.6 is 27.3 Å². The molecule has 4 rings (SSSR count). The summed E-state index contributed by atoms with van der Waals surface area (Å²) in [5.41, 5.74) is 1.68. The van der Waals surface area contributed by atoms with Gasteiger partial charge in [-0.3, -0.25) is 9.36 Å². The monoisotopic (exact) mass is 475 g/mol. The highest BCUT2D eigenvalue weighted by molar-refractivity contribution is 9.10. The number of amides is 1. The quantitative estimate of drug-likeness (QED) is 0.563. The molecule has 0 radical (unpaired) electrons. The average molecular weight is 476 g/mol. The first-order chi connectivity index (χ1) is 14.1. The normalized spacial score (nSPS) is 13.0. The molecule has 1 aliphatic rings. The van der Waals surface area contributed by atoms with Gasteiger partial charge in [0.2, 0.25) is 0 Å². The fourth-order valence-corrected chi connectivity index (χ4v) is 4.96. The first-order valence-corrected chi connectivity index (χ1v) is 10.8. The van der Waals surface area contributed by atoms with Crippen molar-refractivity contribution in [1.82, 2.24) is 19.7 Å². The molecule has 3 heterocycles. The Morgan fingerprint density at radius 3 is 2.76 bits per heavy atom. The van der Waals surface area contributed by atoms with Gasteiger partial charge in [-0.2, -0.15) is 0 Å². The van der Waals surface area contributed by atoms with E-state index in [1.54, 1.807) is 23.6 Å². The Morgan fingerprint density at radius 1 is 1.24 bits per heavy atom. The van der Waals surface area contributed by atoms with Crippen molar-refractivity contribution in [3.63, 3.8) is 0 Å². The highest BCUT2D eigenvalue weighted by Gasteiger charge is 2.28. The fraction of sp³-hybridized carbons (Fsp3) is 0.316. The van der Waals surface area contributed by atoms with Crippen molar-refractivity contribution in [2.45, 2.75) is 32.6 Å². The number of hydrogen-bond acceptors (Lipinski definition) is 7. The third-order valence-corrected chi connectivity index (χ3v) is 6.45. The topological polar surface area (TPSA) is 99.0 Å². The minimum absolute atomic E-state index is 0.206. The number of halogens is 1. The molecule has 0 fully saturated rings. The second-order valence-electron chi connectivity index (χ2n) is 6.46. The lowest BCUT2D eigenvalue weighted by molar-refractivity contribution is 0.0526. The van der Waals surface area contributed by atoms with Crippen molar-refractivity contribution in [1.29, 1.82) is 0 Å². The van der Waals surface area contributed by atoms with Gasteiger partial charge >= 0.3 is 5.97 Å². The van der Waals surface area contributed by atoms with Crippen molar-refractivity contribution in [2.75, 3.05) is 11.9 Å². The Kier molecular flexibility index (Phi) is 5.72. The zero-order chi connectivity index (χ0) is 20.4. The van der Waals surface area contributed by atoms with Crippen molar-refractivity contribution in [3.8, 4) is 5.82 Å². The van der Waals surface area contributed by atoms with Gasteiger partial charge in [-0.25, -0.2) is 9.78 Å². The van der Waals surface area contributed by atoms with Gasteiger partial charge in [-0.05, 0) is 66.2 Å². The number of esters is 1. The maximum atomic E-state index is 13.0. The molecule has 1 N–H and O–H groups in total. The minimum Gasteiger partial charge on any atom is -0.462 e. The van der Waals surface area contributed by atoms with Gasteiger partial charge in [-0.1, -0.05) is 0 Å². The smallest absolute Gasteiger partial charge is 0.341 e. The molecule has 10 heteroatoms. The molecule has 0 atom stereocenters. The maximum absolute atomic E-state index is 13.0. The van der Waals surface area contributed by atoms with E-state index in [2.05, 4.69) is 36.4 Å². The predicted octanol–water partition coefficient (Wildman–Crippen LogP) is 3.79. The number of fused-ring (bicyclic) bond motifs is 1. The number of aryl methyl sites for hydroxylation is 1. The molecule has 29 heavy (non-hydrogen) atoms. The van der Waals surface area contributed by atoms with Gasteiger partial charge in [0.1, 0.15) is 29.2 Å². The average Bonchev–Trinajstić information content (AvgIpc) is 3.36. The first-order valence-electron chi connectivity index (χ1n) is 9.23. The van der Waals surface area contributed by atoms with Crippen LogP contribution in [0.15, 0.2) is 29.3 Å². The number of aromatic nitrogens is 4. The van der Waals surface area contributed by atoms with Crippen LogP contribution in [0, 0.1) is 0 Å². The molecular weight excluding hydrogens is 458 g/mol. The third-order valence-electron chi connectivity index (χ3n) is 4.61. The Balaban J connectivity index is 1.68. The summed E-state index contributed by atoms with van der Waals surface area (Å²) < 4.78 is 7.40. The van der Waals surface area contributed by atoms with Crippen LogP contribution in [-0.2, 0) is 17.6 Å². The number of carbonyl (C=O) groups is 2. The number of anilines is 1. The van der Waals surface area contributed by atoms with E-state index in [1.165, 1.54) is 24.0 Å². The number of ether oxygens (including phenoxy) is 1. The van der Waals surface area contributed by atoms with E-state index in [4.69, 9.17) is 4.74 Å². The number of nitrogens with zero attached hydrogens (tertiary/aromatic N) is 4. The third kappa shape index (κ3) is 3.95. The maximum Gasteiger partial charge on any atom is 0.341 e. The lowest BCUT2D eigenvalue weighted by Crippen LogP contribution is -2.18. The van der Waals surface area contributed by atoms with Crippen LogP contribution in [0.2, 0.25) is 0 Å². The molecule has 0 aromatic carbocycles. The standard InChI is InChI=1S/C19H18BrN5O3S/c1-2-28-19(27)15-11-5-3-4-6-13(11)29-18(15)24-17(26)16-12(20)7-8-14(23-16)25-9-21-22-10-25/h7-10H,2-6H2,1H3,(H,24,26). The molecular formula is C19H18BrN5O3S. The Labute approximate surface area is 179 Å². The van der Waals surface area contributed by atoms with Crippen LogP contribution in [0.1, 0.15) is 51.1 Å². The van der Waals surface area contributed by atoms with E-state index < -0.39 is 11.9 Å². The van der Waals surface area contributed by atoms with Gasteiger partial charge in [-0.15, -0.1) is 21.5 Å². The lowest BCUT2D eigenvalue weighted by Gasteiger charge is -2.12. The second kappa shape index (κ2) is 8.42. The van der Waals surface area contributed by atoms with E-state index in [1.807, 2.05) is 0 Å². The number of carbonyl (C=O) groups excluding carboxylic acids is 2. The van der Waals surface area contributed by atoms with Crippen LogP contribution in [0.3, 0.4) is 0 Å². The van der Waals surface area contributed by atoms with Gasteiger partial charge in [0.25, 0.3) is 5.91 Å². The SMILES string of the molecule is CCOC(=O)c1c(NC(=O)c2nc(-n3cnnc3)ccc2Br)sc2c1CCCC2. The molecule has 0 saturated carbocycles. The molecule has 0 spiro atoms. The second-order valence-corrected chi connectivity index (χ2v) is 8.42. The summed E-state index contributed by atoms with van der Waals surface area (Å²) in [6, 6.07) is 3.49. The summed E-state index contributed by atoms with van der Waals surface area (Å²) >= 11 is 4.83. The number of pyridine rings is 1. The zero-order valence-corrected chi connectivity index (χ0v) is 18.0. The molecule has 150 valence electrons. The van der Waals surface area contributed by atoms with Gasteiger partial charge < -0.3 is 10.1 Å². The Morgan fingerprint density at radius 2 is 2.00 bits per heavy atom. The van der Waals surface area contributed by atoms with Gasteiger partial charge in [0, 0.05) is 9.35 Å². The molecule has 3 aromatic rings. The Bertz CT molecular complexity index is 1060. The number of rotatable bonds is 5. The first kappa shape index (κ1) is 19.7. The van der Waals surface area contributed by atoms with E-state index in [0.29, 0.717) is 20.9 Å². The summed E-state index contributed by atoms with van der Waals surface area (Å²) in [6.07, 6.45) is 6.84. The largest absolute Gasteiger partial charge is 0.462 e. The van der Waals surface area contributed by atoms with E-state index >= 15 is 0 Å². The predicted molar refractivity (Wildman–Crippen MR) is 112 cm³/mol. The van der Waals surface area contributed by atoms with Crippen LogP contribution in [0.25, 0.3) is 5.82 Å². The Hall–Kier alpha value is -2.59. The molecule has 3 aromatic heterocycles. The van der Waals surface area contributed by atoms with E-state index in [-0.39, 0.29) is 12.3 Å². The lowest BCUT2D eigenvalue weighted by atomic mass is 9.95. The van der Waals surface area contributed by atoms with E-state index in [0.717, 1.165) is 36.1 Å². The van der Waals surface area contributed by atoms with Crippen molar-refractivity contribution in [3.05, 3.63) is 51.0 Å².